The molecule has 0 bridgehead atoms. The molecule has 3 N–H and O–H groups in total. The van der Waals surface area contributed by atoms with Gasteiger partial charge in [-0.1, -0.05) is 13.0 Å². The maximum Gasteiger partial charge on any atom is 0.256 e. The Morgan fingerprint density at radius 1 is 1.40 bits per heavy atom. The summed E-state index contributed by atoms with van der Waals surface area (Å²) in [6, 6.07) is 5.10. The van der Waals surface area contributed by atoms with E-state index in [0.717, 1.165) is 42.2 Å². The third kappa shape index (κ3) is 2.73. The first-order chi connectivity index (χ1) is 12.1. The Kier molecular flexibility index (Phi) is 4.05. The van der Waals surface area contributed by atoms with Gasteiger partial charge in [-0.25, -0.2) is 0 Å². The number of carbonyl (C=O) groups is 1. The number of likely N-dealkylation sites (N-methyl/N-ethyl adjacent to an activating group) is 1. The first-order valence-electron chi connectivity index (χ1n) is 8.42. The largest absolute Gasteiger partial charge is 0.504 e. The molecule has 1 atom stereocenters. The van der Waals surface area contributed by atoms with Crippen molar-refractivity contribution in [1.82, 2.24) is 10.2 Å². The van der Waals surface area contributed by atoms with E-state index in [2.05, 4.69) is 22.5 Å². The Bertz CT molecular complexity index is 833. The number of amides is 1. The third-order valence-electron chi connectivity index (χ3n) is 4.90. The van der Waals surface area contributed by atoms with Crippen LogP contribution in [-0.2, 0) is 13.0 Å². The summed E-state index contributed by atoms with van der Waals surface area (Å²) in [4.78, 5) is 16.4. The number of thiophene rings is 1. The Labute approximate surface area is 150 Å². The molecule has 0 fully saturated rings. The Hall–Kier alpha value is -2.25. The zero-order valence-corrected chi connectivity index (χ0v) is 15.1. The van der Waals surface area contributed by atoms with Gasteiger partial charge in [0.15, 0.2) is 11.5 Å². The minimum Gasteiger partial charge on any atom is -0.504 e. The summed E-state index contributed by atoms with van der Waals surface area (Å²) in [6.07, 6.45) is 0.582. The van der Waals surface area contributed by atoms with E-state index < -0.39 is 0 Å². The number of nitrogens with one attached hydrogen (secondary N) is 2. The molecule has 1 amide bonds. The molecule has 0 saturated carbocycles. The Morgan fingerprint density at radius 2 is 2.24 bits per heavy atom. The van der Waals surface area contributed by atoms with Crippen LogP contribution in [-0.4, -0.2) is 36.1 Å². The lowest BCUT2D eigenvalue weighted by Crippen LogP contribution is -2.38. The van der Waals surface area contributed by atoms with Crippen LogP contribution >= 0.6 is 11.3 Å². The highest BCUT2D eigenvalue weighted by atomic mass is 32.1. The predicted octanol–water partition coefficient (Wildman–Crippen LogP) is 2.69. The van der Waals surface area contributed by atoms with Crippen LogP contribution in [0.1, 0.15) is 39.5 Å². The molecular formula is C18H21N3O3S. The SMILES string of the molecule is CCN1CCc2c(sc3c2C(=O)N[C@@H](c2ccc(O)c(OC)c2)N3)C1. The van der Waals surface area contributed by atoms with Crippen molar-refractivity contribution in [3.63, 3.8) is 0 Å². The molecule has 3 heterocycles. The minimum absolute atomic E-state index is 0.0340. The summed E-state index contributed by atoms with van der Waals surface area (Å²) in [7, 11) is 1.51. The molecule has 4 rings (SSSR count). The number of anilines is 1. The van der Waals surface area contributed by atoms with Crippen molar-refractivity contribution in [2.45, 2.75) is 26.1 Å². The van der Waals surface area contributed by atoms with Gasteiger partial charge in [-0.3, -0.25) is 9.69 Å². The van der Waals surface area contributed by atoms with Gasteiger partial charge < -0.3 is 20.5 Å². The van der Waals surface area contributed by atoms with Crippen LogP contribution in [0.25, 0.3) is 0 Å². The summed E-state index contributed by atoms with van der Waals surface area (Å²) in [5.74, 6) is 0.442. The molecule has 2 aliphatic rings. The van der Waals surface area contributed by atoms with Gasteiger partial charge in [0.2, 0.25) is 0 Å². The number of benzene rings is 1. The summed E-state index contributed by atoms with van der Waals surface area (Å²) in [5, 5.41) is 17.2. The van der Waals surface area contributed by atoms with E-state index in [9.17, 15) is 9.90 Å². The van der Waals surface area contributed by atoms with Crippen LogP contribution in [0.3, 0.4) is 0 Å². The fraction of sp³-hybridized carbons (Fsp3) is 0.389. The smallest absolute Gasteiger partial charge is 0.256 e. The van der Waals surface area contributed by atoms with E-state index in [-0.39, 0.29) is 17.8 Å². The summed E-state index contributed by atoms with van der Waals surface area (Å²) < 4.78 is 5.17. The number of nitrogens with zero attached hydrogens (tertiary/aromatic N) is 1. The lowest BCUT2D eigenvalue weighted by atomic mass is 10.0. The average molecular weight is 359 g/mol. The average Bonchev–Trinajstić information content (AvgIpc) is 2.99. The molecule has 7 heteroatoms. The van der Waals surface area contributed by atoms with Gasteiger partial charge in [0, 0.05) is 18.0 Å². The fourth-order valence-corrected chi connectivity index (χ4v) is 4.79. The van der Waals surface area contributed by atoms with E-state index in [1.54, 1.807) is 29.5 Å². The molecule has 2 aromatic rings. The quantitative estimate of drug-likeness (QED) is 0.786. The number of hydrogen-bond acceptors (Lipinski definition) is 6. The second kappa shape index (κ2) is 6.24. The normalized spacial score (nSPS) is 19.6. The van der Waals surface area contributed by atoms with Crippen molar-refractivity contribution in [3.05, 3.63) is 39.8 Å². The van der Waals surface area contributed by atoms with Gasteiger partial charge in [-0.15, -0.1) is 11.3 Å². The zero-order chi connectivity index (χ0) is 17.6. The highest BCUT2D eigenvalue weighted by molar-refractivity contribution is 7.16. The van der Waals surface area contributed by atoms with Crippen molar-refractivity contribution in [1.29, 1.82) is 0 Å². The maximum atomic E-state index is 12.7. The zero-order valence-electron chi connectivity index (χ0n) is 14.3. The van der Waals surface area contributed by atoms with Gasteiger partial charge in [-0.05, 0) is 36.2 Å². The van der Waals surface area contributed by atoms with Gasteiger partial charge in [0.1, 0.15) is 11.2 Å². The molecule has 0 unspecified atom stereocenters. The van der Waals surface area contributed by atoms with Crippen LogP contribution in [0.15, 0.2) is 18.2 Å². The fourth-order valence-electron chi connectivity index (χ4n) is 3.48. The second-order valence-corrected chi connectivity index (χ2v) is 7.41. The number of aromatic hydroxyl groups is 1. The maximum absolute atomic E-state index is 12.7. The summed E-state index contributed by atoms with van der Waals surface area (Å²) in [5.41, 5.74) is 2.84. The Morgan fingerprint density at radius 3 is 3.00 bits per heavy atom. The van der Waals surface area contributed by atoms with Crippen LogP contribution < -0.4 is 15.4 Å². The summed E-state index contributed by atoms with van der Waals surface area (Å²) >= 11 is 1.68. The molecule has 0 aliphatic carbocycles. The number of fused-ring (bicyclic) bond motifs is 3. The van der Waals surface area contributed by atoms with Crippen molar-refractivity contribution in [2.24, 2.45) is 0 Å². The molecule has 1 aromatic carbocycles. The van der Waals surface area contributed by atoms with E-state index in [0.29, 0.717) is 5.75 Å². The second-order valence-electron chi connectivity index (χ2n) is 6.31. The number of hydrogen-bond donors (Lipinski definition) is 3. The summed E-state index contributed by atoms with van der Waals surface area (Å²) in [6.45, 7) is 5.10. The standard InChI is InChI=1S/C18H21N3O3S/c1-3-21-7-6-11-14(9-21)25-18-15(11)17(23)19-16(20-18)10-4-5-12(22)13(8-10)24-2/h4-5,8,16,20,22H,3,6-7,9H2,1-2H3,(H,19,23)/t16-/m1/s1. The lowest BCUT2D eigenvalue weighted by Gasteiger charge is -2.28. The first kappa shape index (κ1) is 16.2. The molecule has 0 radical (unpaired) electrons. The molecule has 6 nitrogen and oxygen atoms in total. The van der Waals surface area contributed by atoms with Crippen molar-refractivity contribution in [2.75, 3.05) is 25.5 Å². The molecule has 0 saturated heterocycles. The van der Waals surface area contributed by atoms with Crippen LogP contribution in [0, 0.1) is 0 Å². The number of phenolic OH excluding ortho intramolecular Hbond substituents is 1. The number of rotatable bonds is 3. The van der Waals surface area contributed by atoms with E-state index in [4.69, 9.17) is 4.74 Å². The van der Waals surface area contributed by atoms with Gasteiger partial charge >= 0.3 is 0 Å². The highest BCUT2D eigenvalue weighted by Gasteiger charge is 2.33. The lowest BCUT2D eigenvalue weighted by molar-refractivity contribution is 0.0934. The topological polar surface area (TPSA) is 73.8 Å². The number of methoxy groups -OCH3 is 1. The van der Waals surface area contributed by atoms with Crippen LogP contribution in [0.4, 0.5) is 5.00 Å². The van der Waals surface area contributed by atoms with E-state index >= 15 is 0 Å². The number of ether oxygens (including phenoxy) is 1. The molecule has 1 aromatic heterocycles. The number of phenols is 1. The predicted molar refractivity (Wildman–Crippen MR) is 97.5 cm³/mol. The third-order valence-corrected chi connectivity index (χ3v) is 6.05. The Balaban J connectivity index is 1.66. The van der Waals surface area contributed by atoms with E-state index in [1.807, 2.05) is 0 Å². The van der Waals surface area contributed by atoms with Gasteiger partial charge in [-0.2, -0.15) is 0 Å². The van der Waals surface area contributed by atoms with E-state index in [1.165, 1.54) is 17.6 Å². The van der Waals surface area contributed by atoms with Crippen LogP contribution in [0.2, 0.25) is 0 Å². The van der Waals surface area contributed by atoms with Crippen molar-refractivity contribution in [3.8, 4) is 11.5 Å². The molecular weight excluding hydrogens is 338 g/mol. The number of carbonyl (C=O) groups excluding carboxylic acids is 1. The van der Waals surface area contributed by atoms with Gasteiger partial charge in [0.25, 0.3) is 5.91 Å². The highest BCUT2D eigenvalue weighted by Crippen LogP contribution is 2.41. The van der Waals surface area contributed by atoms with Gasteiger partial charge in [0.05, 0.1) is 12.7 Å². The first-order valence-corrected chi connectivity index (χ1v) is 9.23. The molecule has 2 aliphatic heterocycles. The minimum atomic E-state index is -0.336. The van der Waals surface area contributed by atoms with Crippen molar-refractivity contribution >= 4 is 22.2 Å². The van der Waals surface area contributed by atoms with Crippen LogP contribution in [0.5, 0.6) is 11.5 Å². The molecule has 25 heavy (non-hydrogen) atoms. The van der Waals surface area contributed by atoms with Crippen molar-refractivity contribution < 1.29 is 14.6 Å². The monoisotopic (exact) mass is 359 g/mol. The molecule has 0 spiro atoms. The molecule has 132 valence electrons.